The van der Waals surface area contributed by atoms with Gasteiger partial charge in [0, 0.05) is 12.7 Å². The smallest absolute Gasteiger partial charge is 0.237 e. The summed E-state index contributed by atoms with van der Waals surface area (Å²) in [4.78, 5) is 16.2. The molecular weight excluding hydrogens is 230 g/mol. The van der Waals surface area contributed by atoms with Gasteiger partial charge in [0.05, 0.1) is 12.5 Å². The summed E-state index contributed by atoms with van der Waals surface area (Å²) in [7, 11) is 0. The molecule has 1 amide bonds. The second-order valence-corrected chi connectivity index (χ2v) is 4.32. The molecule has 1 aliphatic heterocycles. The highest BCUT2D eigenvalue weighted by Gasteiger charge is 2.21. The molecule has 1 aromatic rings. The maximum absolute atomic E-state index is 12.1. The van der Waals surface area contributed by atoms with Gasteiger partial charge in [-0.25, -0.2) is 4.98 Å². The van der Waals surface area contributed by atoms with Crippen LogP contribution >= 0.6 is 0 Å². The van der Waals surface area contributed by atoms with Crippen LogP contribution in [0.3, 0.4) is 0 Å². The number of aromatic nitrogens is 1. The number of anilines is 1. The van der Waals surface area contributed by atoms with Gasteiger partial charge in [-0.1, -0.05) is 0 Å². The molecule has 1 saturated heterocycles. The summed E-state index contributed by atoms with van der Waals surface area (Å²) in [6, 6.07) is 3.60. The Bertz CT molecular complexity index is 403. The zero-order valence-corrected chi connectivity index (χ0v) is 10.6. The number of rotatable bonds is 4. The van der Waals surface area contributed by atoms with Crippen molar-refractivity contribution in [2.75, 3.05) is 25.0 Å². The topological polar surface area (TPSA) is 63.2 Å². The summed E-state index contributed by atoms with van der Waals surface area (Å²) < 4.78 is 5.38. The lowest BCUT2D eigenvalue weighted by Gasteiger charge is -2.22. The number of carbonyl (C=O) groups is 1. The Morgan fingerprint density at radius 2 is 2.56 bits per heavy atom. The van der Waals surface area contributed by atoms with E-state index in [4.69, 9.17) is 4.74 Å². The fourth-order valence-electron chi connectivity index (χ4n) is 2.05. The second-order valence-electron chi connectivity index (χ2n) is 4.32. The molecule has 0 saturated carbocycles. The van der Waals surface area contributed by atoms with Crippen molar-refractivity contribution in [3.63, 3.8) is 0 Å². The number of ether oxygens (including phenoxy) is 1. The van der Waals surface area contributed by atoms with Gasteiger partial charge in [-0.15, -0.1) is 0 Å². The predicted molar refractivity (Wildman–Crippen MR) is 69.6 cm³/mol. The van der Waals surface area contributed by atoms with E-state index in [-0.39, 0.29) is 11.8 Å². The van der Waals surface area contributed by atoms with Crippen LogP contribution in [0.2, 0.25) is 0 Å². The Labute approximate surface area is 107 Å². The van der Waals surface area contributed by atoms with Crippen molar-refractivity contribution >= 4 is 11.6 Å². The summed E-state index contributed by atoms with van der Waals surface area (Å²) >= 11 is 0. The first-order valence-electron chi connectivity index (χ1n) is 6.40. The van der Waals surface area contributed by atoms with Crippen LogP contribution in [0.25, 0.3) is 0 Å². The van der Waals surface area contributed by atoms with Crippen molar-refractivity contribution in [1.82, 2.24) is 10.3 Å². The van der Waals surface area contributed by atoms with Crippen LogP contribution < -0.4 is 15.4 Å². The monoisotopic (exact) mass is 249 g/mol. The molecule has 0 bridgehead atoms. The van der Waals surface area contributed by atoms with E-state index < -0.39 is 0 Å². The molecule has 2 heterocycles. The molecule has 18 heavy (non-hydrogen) atoms. The van der Waals surface area contributed by atoms with Crippen LogP contribution in [0.4, 0.5) is 5.69 Å². The number of hydrogen-bond donors (Lipinski definition) is 2. The molecule has 2 rings (SSSR count). The fraction of sp³-hybridized carbons (Fsp3) is 0.538. The largest absolute Gasteiger partial charge is 0.476 e. The highest BCUT2D eigenvalue weighted by molar-refractivity contribution is 5.93. The van der Waals surface area contributed by atoms with E-state index in [2.05, 4.69) is 15.6 Å². The van der Waals surface area contributed by atoms with Crippen molar-refractivity contribution in [2.24, 2.45) is 5.92 Å². The van der Waals surface area contributed by atoms with Crippen LogP contribution in [0.15, 0.2) is 18.3 Å². The normalized spacial score (nSPS) is 19.3. The highest BCUT2D eigenvalue weighted by atomic mass is 16.5. The van der Waals surface area contributed by atoms with E-state index >= 15 is 0 Å². The third kappa shape index (κ3) is 3.20. The van der Waals surface area contributed by atoms with E-state index in [9.17, 15) is 4.79 Å². The second kappa shape index (κ2) is 6.35. The van der Waals surface area contributed by atoms with Gasteiger partial charge in [0.1, 0.15) is 5.69 Å². The lowest BCUT2D eigenvalue weighted by atomic mass is 9.99. The van der Waals surface area contributed by atoms with Crippen LogP contribution in [-0.2, 0) is 4.79 Å². The molecule has 0 spiro atoms. The summed E-state index contributed by atoms with van der Waals surface area (Å²) in [6.45, 7) is 4.17. The van der Waals surface area contributed by atoms with Crippen LogP contribution in [0.5, 0.6) is 5.88 Å². The summed E-state index contributed by atoms with van der Waals surface area (Å²) in [5.74, 6) is 0.557. The molecule has 98 valence electrons. The van der Waals surface area contributed by atoms with Crippen molar-refractivity contribution in [3.8, 4) is 5.88 Å². The molecule has 0 radical (unpaired) electrons. The summed E-state index contributed by atoms with van der Waals surface area (Å²) in [5, 5.41) is 6.13. The minimum absolute atomic E-state index is 0.0356. The third-order valence-electron chi connectivity index (χ3n) is 2.98. The minimum atomic E-state index is 0.0356. The van der Waals surface area contributed by atoms with Gasteiger partial charge in [-0.05, 0) is 38.4 Å². The number of carbonyl (C=O) groups excluding carboxylic acids is 1. The summed E-state index contributed by atoms with van der Waals surface area (Å²) in [5.41, 5.74) is 0.648. The average Bonchev–Trinajstić information content (AvgIpc) is 2.42. The highest BCUT2D eigenvalue weighted by Crippen LogP contribution is 2.22. The van der Waals surface area contributed by atoms with Crippen LogP contribution in [0, 0.1) is 5.92 Å². The maximum Gasteiger partial charge on any atom is 0.237 e. The van der Waals surface area contributed by atoms with E-state index in [1.807, 2.05) is 13.0 Å². The van der Waals surface area contributed by atoms with E-state index in [1.165, 1.54) is 0 Å². The van der Waals surface area contributed by atoms with Gasteiger partial charge in [0.15, 0.2) is 0 Å². The SMILES string of the molecule is CCOc1ncccc1NC(=O)[C@@H]1CCCNC1. The zero-order valence-electron chi connectivity index (χ0n) is 10.6. The van der Waals surface area contributed by atoms with Crippen molar-refractivity contribution in [1.29, 1.82) is 0 Å². The van der Waals surface area contributed by atoms with Crippen LogP contribution in [-0.4, -0.2) is 30.6 Å². The zero-order chi connectivity index (χ0) is 12.8. The molecule has 1 aromatic heterocycles. The van der Waals surface area contributed by atoms with Gasteiger partial charge in [-0.2, -0.15) is 0 Å². The van der Waals surface area contributed by atoms with E-state index in [0.29, 0.717) is 18.2 Å². The van der Waals surface area contributed by atoms with Gasteiger partial charge >= 0.3 is 0 Å². The quantitative estimate of drug-likeness (QED) is 0.847. The number of pyridine rings is 1. The van der Waals surface area contributed by atoms with E-state index in [0.717, 1.165) is 25.9 Å². The lowest BCUT2D eigenvalue weighted by Crippen LogP contribution is -2.37. The molecule has 2 N–H and O–H groups in total. The standard InChI is InChI=1S/C13H19N3O2/c1-2-18-13-11(6-4-8-15-13)16-12(17)10-5-3-7-14-9-10/h4,6,8,10,14H,2-3,5,7,9H2,1H3,(H,16,17)/t10-/m1/s1. The fourth-order valence-corrected chi connectivity index (χ4v) is 2.05. The molecule has 0 aromatic carbocycles. The van der Waals surface area contributed by atoms with Crippen LogP contribution in [0.1, 0.15) is 19.8 Å². The van der Waals surface area contributed by atoms with Gasteiger partial charge in [0.25, 0.3) is 0 Å². The Kier molecular flexibility index (Phi) is 4.52. The Morgan fingerprint density at radius 3 is 3.28 bits per heavy atom. The molecule has 1 fully saturated rings. The predicted octanol–water partition coefficient (Wildman–Crippen LogP) is 1.42. The molecular formula is C13H19N3O2. The number of hydrogen-bond acceptors (Lipinski definition) is 4. The number of amides is 1. The molecule has 1 atom stereocenters. The Balaban J connectivity index is 2.01. The first kappa shape index (κ1) is 12.8. The molecule has 0 unspecified atom stereocenters. The molecule has 5 heteroatoms. The van der Waals surface area contributed by atoms with E-state index in [1.54, 1.807) is 12.3 Å². The maximum atomic E-state index is 12.1. The van der Waals surface area contributed by atoms with Gasteiger partial charge in [-0.3, -0.25) is 4.79 Å². The minimum Gasteiger partial charge on any atom is -0.476 e. The molecule has 0 aliphatic carbocycles. The lowest BCUT2D eigenvalue weighted by molar-refractivity contribution is -0.120. The average molecular weight is 249 g/mol. The van der Waals surface area contributed by atoms with Crippen molar-refractivity contribution in [2.45, 2.75) is 19.8 Å². The summed E-state index contributed by atoms with van der Waals surface area (Å²) in [6.07, 6.45) is 3.63. The first-order valence-corrected chi connectivity index (χ1v) is 6.40. The molecule has 5 nitrogen and oxygen atoms in total. The molecule has 1 aliphatic rings. The number of piperidine rings is 1. The van der Waals surface area contributed by atoms with Crippen molar-refractivity contribution in [3.05, 3.63) is 18.3 Å². The van der Waals surface area contributed by atoms with Gasteiger partial charge < -0.3 is 15.4 Å². The Hall–Kier alpha value is -1.62. The number of nitrogens with zero attached hydrogens (tertiary/aromatic N) is 1. The number of nitrogens with one attached hydrogen (secondary N) is 2. The Morgan fingerprint density at radius 1 is 1.67 bits per heavy atom. The van der Waals surface area contributed by atoms with Gasteiger partial charge in [0.2, 0.25) is 11.8 Å². The van der Waals surface area contributed by atoms with Crippen molar-refractivity contribution < 1.29 is 9.53 Å². The third-order valence-corrected chi connectivity index (χ3v) is 2.98. The first-order chi connectivity index (χ1) is 8.81.